The number of rotatable bonds is 5. The zero-order valence-electron chi connectivity index (χ0n) is 13.0. The first-order valence-electron chi connectivity index (χ1n) is 7.53. The van der Waals surface area contributed by atoms with E-state index < -0.39 is 0 Å². The van der Waals surface area contributed by atoms with Crippen molar-refractivity contribution >= 4 is 29.7 Å². The number of nitrogens with two attached hydrogens (primary N) is 1. The monoisotopic (exact) mass is 332 g/mol. The van der Waals surface area contributed by atoms with Gasteiger partial charge in [-0.05, 0) is 55.5 Å². The average Bonchev–Trinajstić information content (AvgIpc) is 3.33. The molecule has 2 aromatic rings. The summed E-state index contributed by atoms with van der Waals surface area (Å²) in [6.07, 6.45) is 2.47. The lowest BCUT2D eigenvalue weighted by atomic mass is 10.1. The summed E-state index contributed by atoms with van der Waals surface area (Å²) in [5, 5.41) is 2.92. The highest BCUT2D eigenvalue weighted by molar-refractivity contribution is 6.06. The third-order valence-corrected chi connectivity index (χ3v) is 3.81. The van der Waals surface area contributed by atoms with Crippen molar-refractivity contribution in [3.05, 3.63) is 53.6 Å². The van der Waals surface area contributed by atoms with Crippen molar-refractivity contribution in [2.75, 3.05) is 17.7 Å². The van der Waals surface area contributed by atoms with E-state index in [4.69, 9.17) is 10.5 Å². The van der Waals surface area contributed by atoms with Crippen molar-refractivity contribution in [2.24, 2.45) is 5.92 Å². The molecule has 1 amide bonds. The minimum absolute atomic E-state index is 0. The molecule has 0 aromatic heterocycles. The smallest absolute Gasteiger partial charge is 0.256 e. The number of carbonyl (C=O) groups is 1. The lowest BCUT2D eigenvalue weighted by Gasteiger charge is -2.13. The molecule has 0 heterocycles. The first-order valence-corrected chi connectivity index (χ1v) is 7.53. The third-order valence-electron chi connectivity index (χ3n) is 3.81. The summed E-state index contributed by atoms with van der Waals surface area (Å²) in [4.78, 5) is 12.5. The number of amides is 1. The molecule has 0 spiro atoms. The SMILES string of the molecule is Cc1ccc(N)cc1C(=O)Nc1ccccc1OCC1CC1.Cl. The first-order chi connectivity index (χ1) is 10.6. The quantitative estimate of drug-likeness (QED) is 0.812. The summed E-state index contributed by atoms with van der Waals surface area (Å²) in [5.41, 5.74) is 8.51. The Balaban J connectivity index is 0.00000192. The molecule has 3 N–H and O–H groups in total. The molecule has 0 saturated heterocycles. The normalized spacial score (nSPS) is 13.1. The fraction of sp³-hybridized carbons (Fsp3) is 0.278. The van der Waals surface area contributed by atoms with Gasteiger partial charge in [0.05, 0.1) is 12.3 Å². The number of anilines is 2. The molecule has 4 nitrogen and oxygen atoms in total. The van der Waals surface area contributed by atoms with E-state index in [2.05, 4.69) is 5.32 Å². The van der Waals surface area contributed by atoms with E-state index in [9.17, 15) is 4.79 Å². The Morgan fingerprint density at radius 2 is 2.00 bits per heavy atom. The van der Waals surface area contributed by atoms with E-state index >= 15 is 0 Å². The van der Waals surface area contributed by atoms with Crippen LogP contribution in [0.3, 0.4) is 0 Å². The number of para-hydroxylation sites is 2. The highest BCUT2D eigenvalue weighted by Crippen LogP contribution is 2.32. The Hall–Kier alpha value is -2.20. The van der Waals surface area contributed by atoms with Gasteiger partial charge in [-0.25, -0.2) is 0 Å². The van der Waals surface area contributed by atoms with Crippen LogP contribution in [0.4, 0.5) is 11.4 Å². The predicted octanol–water partition coefficient (Wildman–Crippen LogP) is 4.04. The molecular weight excluding hydrogens is 312 g/mol. The Morgan fingerprint density at radius 1 is 1.26 bits per heavy atom. The fourth-order valence-electron chi connectivity index (χ4n) is 2.26. The van der Waals surface area contributed by atoms with Gasteiger partial charge < -0.3 is 15.8 Å². The minimum Gasteiger partial charge on any atom is -0.491 e. The van der Waals surface area contributed by atoms with E-state index in [1.165, 1.54) is 12.8 Å². The second kappa shape index (κ2) is 7.38. The molecule has 122 valence electrons. The van der Waals surface area contributed by atoms with E-state index in [0.29, 0.717) is 35.2 Å². The standard InChI is InChI=1S/C18H20N2O2.ClH/c1-12-6-9-14(19)10-15(12)18(21)20-16-4-2-3-5-17(16)22-11-13-7-8-13;/h2-6,9-10,13H,7-8,11,19H2,1H3,(H,20,21);1H. The van der Waals surface area contributed by atoms with Gasteiger partial charge in [-0.15, -0.1) is 12.4 Å². The van der Waals surface area contributed by atoms with Crippen LogP contribution in [0.5, 0.6) is 5.75 Å². The molecule has 23 heavy (non-hydrogen) atoms. The number of nitrogen functional groups attached to an aromatic ring is 1. The van der Waals surface area contributed by atoms with E-state index in [1.54, 1.807) is 12.1 Å². The Morgan fingerprint density at radius 3 is 2.74 bits per heavy atom. The van der Waals surface area contributed by atoms with Gasteiger partial charge in [0, 0.05) is 11.3 Å². The number of aryl methyl sites for hydroxylation is 1. The van der Waals surface area contributed by atoms with Gasteiger partial charge in [-0.1, -0.05) is 18.2 Å². The lowest BCUT2D eigenvalue weighted by molar-refractivity contribution is 0.102. The van der Waals surface area contributed by atoms with Crippen molar-refractivity contribution < 1.29 is 9.53 Å². The highest BCUT2D eigenvalue weighted by atomic mass is 35.5. The molecule has 0 atom stereocenters. The fourth-order valence-corrected chi connectivity index (χ4v) is 2.26. The predicted molar refractivity (Wildman–Crippen MR) is 95.5 cm³/mol. The molecular formula is C18H21ClN2O2. The third kappa shape index (κ3) is 4.39. The maximum atomic E-state index is 12.5. The van der Waals surface area contributed by atoms with Crippen molar-refractivity contribution in [3.63, 3.8) is 0 Å². The van der Waals surface area contributed by atoms with Gasteiger partial charge >= 0.3 is 0 Å². The number of nitrogens with one attached hydrogen (secondary N) is 1. The number of hydrogen-bond acceptors (Lipinski definition) is 3. The summed E-state index contributed by atoms with van der Waals surface area (Å²) in [7, 11) is 0. The Labute approximate surface area is 142 Å². The van der Waals surface area contributed by atoms with Crippen LogP contribution in [-0.4, -0.2) is 12.5 Å². The van der Waals surface area contributed by atoms with Crippen molar-refractivity contribution in [1.29, 1.82) is 0 Å². The largest absolute Gasteiger partial charge is 0.491 e. The van der Waals surface area contributed by atoms with Crippen molar-refractivity contribution in [3.8, 4) is 5.75 Å². The second-order valence-corrected chi connectivity index (χ2v) is 5.78. The number of halogens is 1. The number of benzene rings is 2. The van der Waals surface area contributed by atoms with Gasteiger partial charge in [0.2, 0.25) is 0 Å². The summed E-state index contributed by atoms with van der Waals surface area (Å²) in [5.74, 6) is 1.21. The van der Waals surface area contributed by atoms with Crippen LogP contribution in [0.1, 0.15) is 28.8 Å². The zero-order chi connectivity index (χ0) is 15.5. The van der Waals surface area contributed by atoms with E-state index in [1.807, 2.05) is 37.3 Å². The molecule has 0 radical (unpaired) electrons. The summed E-state index contributed by atoms with van der Waals surface area (Å²) in [6.45, 7) is 2.61. The van der Waals surface area contributed by atoms with Gasteiger partial charge in [0.1, 0.15) is 5.75 Å². The first kappa shape index (κ1) is 17.2. The van der Waals surface area contributed by atoms with Gasteiger partial charge in [0.15, 0.2) is 0 Å². The minimum atomic E-state index is -0.174. The van der Waals surface area contributed by atoms with Crippen LogP contribution >= 0.6 is 12.4 Å². The number of ether oxygens (including phenoxy) is 1. The maximum Gasteiger partial charge on any atom is 0.256 e. The van der Waals surface area contributed by atoms with E-state index in [-0.39, 0.29) is 18.3 Å². The van der Waals surface area contributed by atoms with Crippen LogP contribution in [0, 0.1) is 12.8 Å². The molecule has 1 fully saturated rings. The summed E-state index contributed by atoms with van der Waals surface area (Å²) < 4.78 is 5.81. The van der Waals surface area contributed by atoms with E-state index in [0.717, 1.165) is 5.56 Å². The van der Waals surface area contributed by atoms with Crippen molar-refractivity contribution in [2.45, 2.75) is 19.8 Å². The number of carbonyl (C=O) groups excluding carboxylic acids is 1. The average molecular weight is 333 g/mol. The molecule has 0 bridgehead atoms. The van der Waals surface area contributed by atoms with Crippen LogP contribution in [0.2, 0.25) is 0 Å². The second-order valence-electron chi connectivity index (χ2n) is 5.78. The highest BCUT2D eigenvalue weighted by Gasteiger charge is 2.22. The van der Waals surface area contributed by atoms with Crippen LogP contribution < -0.4 is 15.8 Å². The molecule has 3 rings (SSSR count). The molecule has 5 heteroatoms. The molecule has 1 aliphatic rings. The Kier molecular flexibility index (Phi) is 5.50. The molecule has 0 unspecified atom stereocenters. The van der Waals surface area contributed by atoms with Crippen LogP contribution in [0.15, 0.2) is 42.5 Å². The topological polar surface area (TPSA) is 64.4 Å². The van der Waals surface area contributed by atoms with Gasteiger partial charge in [0.25, 0.3) is 5.91 Å². The number of hydrogen-bond donors (Lipinski definition) is 2. The van der Waals surface area contributed by atoms with Crippen molar-refractivity contribution in [1.82, 2.24) is 0 Å². The molecule has 0 aliphatic heterocycles. The molecule has 1 aliphatic carbocycles. The zero-order valence-corrected chi connectivity index (χ0v) is 13.9. The lowest BCUT2D eigenvalue weighted by Crippen LogP contribution is -2.15. The van der Waals surface area contributed by atoms with Gasteiger partial charge in [-0.3, -0.25) is 4.79 Å². The molecule has 2 aromatic carbocycles. The molecule has 1 saturated carbocycles. The summed E-state index contributed by atoms with van der Waals surface area (Å²) >= 11 is 0. The van der Waals surface area contributed by atoms with Crippen LogP contribution in [-0.2, 0) is 0 Å². The Bertz CT molecular complexity index is 699. The summed E-state index contributed by atoms with van der Waals surface area (Å²) in [6, 6.07) is 12.8. The van der Waals surface area contributed by atoms with Gasteiger partial charge in [-0.2, -0.15) is 0 Å². The van der Waals surface area contributed by atoms with Crippen LogP contribution in [0.25, 0.3) is 0 Å². The maximum absolute atomic E-state index is 12.5.